The van der Waals surface area contributed by atoms with Crippen molar-refractivity contribution in [1.29, 1.82) is 0 Å². The molecule has 0 N–H and O–H groups in total. The monoisotopic (exact) mass is 301 g/mol. The van der Waals surface area contributed by atoms with Gasteiger partial charge in [0.25, 0.3) is 0 Å². The van der Waals surface area contributed by atoms with Crippen LogP contribution in [0.25, 0.3) is 0 Å². The summed E-state index contributed by atoms with van der Waals surface area (Å²) >= 11 is 3.28. The first-order valence-electron chi connectivity index (χ1n) is 4.94. The number of benzene rings is 1. The number of methoxy groups -OCH3 is 1. The Kier molecular flexibility index (Phi) is 4.62. The lowest BCUT2D eigenvalue weighted by Gasteiger charge is -2.15. The van der Waals surface area contributed by atoms with E-state index in [1.807, 2.05) is 6.07 Å². The second-order valence-electron chi connectivity index (χ2n) is 3.60. The lowest BCUT2D eigenvalue weighted by molar-refractivity contribution is -0.513. The number of halogens is 1. The summed E-state index contributed by atoms with van der Waals surface area (Å²) in [5.74, 6) is -1.38. The zero-order valence-corrected chi connectivity index (χ0v) is 11.0. The first-order valence-corrected chi connectivity index (χ1v) is 5.73. The molecule has 0 aromatic heterocycles. The van der Waals surface area contributed by atoms with E-state index < -0.39 is 22.9 Å². The molecular weight excluding hydrogens is 290 g/mol. The van der Waals surface area contributed by atoms with Gasteiger partial charge < -0.3 is 4.74 Å². The molecule has 1 aromatic rings. The van der Waals surface area contributed by atoms with Crippen LogP contribution >= 0.6 is 15.9 Å². The van der Waals surface area contributed by atoms with Gasteiger partial charge in [0.2, 0.25) is 0 Å². The third kappa shape index (κ3) is 3.26. The van der Waals surface area contributed by atoms with Crippen LogP contribution in [0.1, 0.15) is 18.4 Å². The van der Waals surface area contributed by atoms with Gasteiger partial charge in [0, 0.05) is 9.40 Å². The Morgan fingerprint density at radius 3 is 2.65 bits per heavy atom. The van der Waals surface area contributed by atoms with Crippen LogP contribution in [-0.4, -0.2) is 24.0 Å². The molecule has 0 bridgehead atoms. The zero-order valence-electron chi connectivity index (χ0n) is 9.42. The second-order valence-corrected chi connectivity index (χ2v) is 4.51. The molecule has 0 fully saturated rings. The van der Waals surface area contributed by atoms with Crippen LogP contribution in [0.3, 0.4) is 0 Å². The quantitative estimate of drug-likeness (QED) is 0.486. The number of esters is 1. The zero-order chi connectivity index (χ0) is 13.0. The molecular formula is C11H12BrNO4. The molecule has 17 heavy (non-hydrogen) atoms. The van der Waals surface area contributed by atoms with Crippen molar-refractivity contribution in [2.75, 3.05) is 7.11 Å². The fourth-order valence-corrected chi connectivity index (χ4v) is 1.98. The van der Waals surface area contributed by atoms with E-state index in [9.17, 15) is 14.9 Å². The van der Waals surface area contributed by atoms with Crippen LogP contribution in [0.2, 0.25) is 0 Å². The Hall–Kier alpha value is -1.43. The maximum atomic E-state index is 11.4. The van der Waals surface area contributed by atoms with E-state index in [1.54, 1.807) is 25.1 Å². The Morgan fingerprint density at radius 1 is 1.53 bits per heavy atom. The fourth-order valence-electron chi connectivity index (χ4n) is 1.57. The van der Waals surface area contributed by atoms with Crippen molar-refractivity contribution in [3.8, 4) is 0 Å². The van der Waals surface area contributed by atoms with Crippen molar-refractivity contribution < 1.29 is 14.5 Å². The molecule has 2 unspecified atom stereocenters. The highest BCUT2D eigenvalue weighted by Gasteiger charge is 2.37. The Labute approximate surface area is 107 Å². The molecule has 0 aliphatic rings. The third-order valence-corrected chi connectivity index (χ3v) is 3.01. The van der Waals surface area contributed by atoms with Crippen LogP contribution in [-0.2, 0) is 9.53 Å². The van der Waals surface area contributed by atoms with Crippen molar-refractivity contribution in [3.63, 3.8) is 0 Å². The Balaban J connectivity index is 3.04. The predicted molar refractivity (Wildman–Crippen MR) is 65.4 cm³/mol. The Bertz CT molecular complexity index is 435. The van der Waals surface area contributed by atoms with Gasteiger partial charge in [0.1, 0.15) is 0 Å². The van der Waals surface area contributed by atoms with Gasteiger partial charge in [0.05, 0.1) is 13.0 Å². The van der Waals surface area contributed by atoms with Crippen LogP contribution in [0, 0.1) is 10.1 Å². The molecule has 0 aliphatic heterocycles. The molecule has 0 aliphatic carbocycles. The molecule has 5 nitrogen and oxygen atoms in total. The first kappa shape index (κ1) is 13.6. The van der Waals surface area contributed by atoms with Crippen LogP contribution in [0.15, 0.2) is 28.7 Å². The summed E-state index contributed by atoms with van der Waals surface area (Å²) in [5.41, 5.74) is 0.714. The lowest BCUT2D eigenvalue weighted by Crippen LogP contribution is -2.35. The van der Waals surface area contributed by atoms with Crippen molar-refractivity contribution in [1.82, 2.24) is 0 Å². The number of ether oxygens (including phenoxy) is 1. The average molecular weight is 302 g/mol. The summed E-state index contributed by atoms with van der Waals surface area (Å²) < 4.78 is 5.27. The standard InChI is InChI=1S/C11H12BrNO4/c1-7(8-4-3-5-9(12)6-8)10(13(15)16)11(14)17-2/h3-7,10H,1-2H3. The largest absolute Gasteiger partial charge is 0.464 e. The van der Waals surface area contributed by atoms with Gasteiger partial charge in [0.15, 0.2) is 0 Å². The van der Waals surface area contributed by atoms with Crippen molar-refractivity contribution >= 4 is 21.9 Å². The van der Waals surface area contributed by atoms with Crippen LogP contribution < -0.4 is 0 Å². The normalized spacial score (nSPS) is 13.8. The topological polar surface area (TPSA) is 69.4 Å². The van der Waals surface area contributed by atoms with E-state index in [1.165, 1.54) is 0 Å². The highest BCUT2D eigenvalue weighted by molar-refractivity contribution is 9.10. The van der Waals surface area contributed by atoms with Crippen LogP contribution in [0.4, 0.5) is 0 Å². The number of rotatable bonds is 4. The van der Waals surface area contributed by atoms with Gasteiger partial charge >= 0.3 is 12.0 Å². The molecule has 0 radical (unpaired) electrons. The summed E-state index contributed by atoms with van der Waals surface area (Å²) in [7, 11) is 1.15. The van der Waals surface area contributed by atoms with Crippen molar-refractivity contribution in [2.45, 2.75) is 18.9 Å². The number of carbonyl (C=O) groups excluding carboxylic acids is 1. The fraction of sp³-hybridized carbons (Fsp3) is 0.364. The van der Waals surface area contributed by atoms with Gasteiger partial charge in [-0.1, -0.05) is 35.0 Å². The summed E-state index contributed by atoms with van der Waals surface area (Å²) in [6, 6.07) is 5.70. The predicted octanol–water partition coefficient (Wildman–Crippen LogP) is 2.37. The van der Waals surface area contributed by atoms with E-state index in [4.69, 9.17) is 0 Å². The highest BCUT2D eigenvalue weighted by atomic mass is 79.9. The molecule has 6 heteroatoms. The molecule has 0 spiro atoms. The summed E-state index contributed by atoms with van der Waals surface area (Å²) in [5, 5.41) is 10.9. The van der Waals surface area contributed by atoms with Gasteiger partial charge in [-0.25, -0.2) is 4.79 Å². The minimum Gasteiger partial charge on any atom is -0.464 e. The second kappa shape index (κ2) is 5.77. The minimum absolute atomic E-state index is 0.546. The van der Waals surface area contributed by atoms with E-state index in [2.05, 4.69) is 20.7 Å². The average Bonchev–Trinajstić information content (AvgIpc) is 2.28. The SMILES string of the molecule is COC(=O)C(C(C)c1cccc(Br)c1)[N+](=O)[O-]. The molecule has 0 amide bonds. The maximum absolute atomic E-state index is 11.4. The molecule has 92 valence electrons. The van der Waals surface area contributed by atoms with Gasteiger partial charge in [-0.15, -0.1) is 0 Å². The molecule has 0 heterocycles. The molecule has 0 saturated heterocycles. The van der Waals surface area contributed by atoms with E-state index in [0.717, 1.165) is 11.6 Å². The third-order valence-electron chi connectivity index (χ3n) is 2.52. The summed E-state index contributed by atoms with van der Waals surface area (Å²) in [6.45, 7) is 1.63. The minimum atomic E-state index is -1.38. The Morgan fingerprint density at radius 2 is 2.18 bits per heavy atom. The summed E-state index contributed by atoms with van der Waals surface area (Å²) in [6.07, 6.45) is 0. The number of nitro groups is 1. The number of carbonyl (C=O) groups is 1. The lowest BCUT2D eigenvalue weighted by atomic mass is 9.94. The smallest absolute Gasteiger partial charge is 0.382 e. The summed E-state index contributed by atoms with van der Waals surface area (Å²) in [4.78, 5) is 21.7. The van der Waals surface area contributed by atoms with Crippen LogP contribution in [0.5, 0.6) is 0 Å². The van der Waals surface area contributed by atoms with E-state index >= 15 is 0 Å². The molecule has 1 rings (SSSR count). The highest BCUT2D eigenvalue weighted by Crippen LogP contribution is 2.24. The number of nitrogens with zero attached hydrogens (tertiary/aromatic N) is 1. The van der Waals surface area contributed by atoms with Gasteiger partial charge in [-0.05, 0) is 17.7 Å². The van der Waals surface area contributed by atoms with E-state index in [-0.39, 0.29) is 0 Å². The molecule has 1 aromatic carbocycles. The number of hydrogen-bond donors (Lipinski definition) is 0. The van der Waals surface area contributed by atoms with Crippen molar-refractivity contribution in [2.24, 2.45) is 0 Å². The number of hydrogen-bond acceptors (Lipinski definition) is 4. The van der Waals surface area contributed by atoms with Gasteiger partial charge in [-0.2, -0.15) is 0 Å². The molecule has 2 atom stereocenters. The molecule has 0 saturated carbocycles. The van der Waals surface area contributed by atoms with E-state index in [0.29, 0.717) is 5.56 Å². The first-order chi connectivity index (χ1) is 7.97. The maximum Gasteiger partial charge on any atom is 0.382 e. The van der Waals surface area contributed by atoms with Crippen molar-refractivity contribution in [3.05, 3.63) is 44.4 Å². The van der Waals surface area contributed by atoms with Gasteiger partial charge in [-0.3, -0.25) is 10.1 Å².